The molecule has 2 N–H and O–H groups in total. The monoisotopic (exact) mass is 261 g/mol. The van der Waals surface area contributed by atoms with E-state index in [1.54, 1.807) is 24.4 Å². The van der Waals surface area contributed by atoms with Crippen molar-refractivity contribution >= 4 is 17.7 Å². The van der Waals surface area contributed by atoms with Crippen LogP contribution in [0.15, 0.2) is 30.6 Å². The summed E-state index contributed by atoms with van der Waals surface area (Å²) in [7, 11) is 0. The number of aromatic nitrogens is 4. The molecular formula is C11H11N5O3. The van der Waals surface area contributed by atoms with Crippen molar-refractivity contribution in [2.24, 2.45) is 0 Å². The number of nitrogens with zero attached hydrogens (tertiary/aromatic N) is 4. The van der Waals surface area contributed by atoms with Gasteiger partial charge < -0.3 is 10.4 Å². The molecule has 2 aromatic rings. The topological polar surface area (TPSA) is 110 Å². The minimum Gasteiger partial charge on any atom is -0.480 e. The molecule has 8 heteroatoms. The fourth-order valence-corrected chi connectivity index (χ4v) is 1.41. The van der Waals surface area contributed by atoms with Gasteiger partial charge in [-0.2, -0.15) is 9.90 Å². The molecule has 0 atom stereocenters. The van der Waals surface area contributed by atoms with Gasteiger partial charge in [0.2, 0.25) is 5.91 Å². The molecule has 1 amide bonds. The number of hydrogen-bond acceptors (Lipinski definition) is 5. The van der Waals surface area contributed by atoms with Crippen LogP contribution in [0.5, 0.6) is 0 Å². The third kappa shape index (κ3) is 3.87. The van der Waals surface area contributed by atoms with Crippen molar-refractivity contribution in [3.8, 4) is 0 Å². The van der Waals surface area contributed by atoms with E-state index in [2.05, 4.69) is 20.5 Å². The number of carboxylic acids is 1. The van der Waals surface area contributed by atoms with Gasteiger partial charge in [0.25, 0.3) is 0 Å². The maximum Gasteiger partial charge on any atom is 0.327 e. The Morgan fingerprint density at radius 3 is 2.89 bits per heavy atom. The van der Waals surface area contributed by atoms with Crippen molar-refractivity contribution in [1.29, 1.82) is 0 Å². The molecule has 8 nitrogen and oxygen atoms in total. The maximum absolute atomic E-state index is 11.7. The number of hydrogen-bond donors (Lipinski definition) is 2. The SMILES string of the molecule is O=C(O)Cn1ncc(NC(=O)Cc2ccccn2)n1. The van der Waals surface area contributed by atoms with Crippen LogP contribution in [0.2, 0.25) is 0 Å². The predicted molar refractivity (Wildman–Crippen MR) is 64.2 cm³/mol. The summed E-state index contributed by atoms with van der Waals surface area (Å²) in [6.07, 6.45) is 3.01. The molecule has 2 heterocycles. The highest BCUT2D eigenvalue weighted by molar-refractivity contribution is 5.90. The van der Waals surface area contributed by atoms with Gasteiger partial charge in [0.05, 0.1) is 12.6 Å². The Morgan fingerprint density at radius 2 is 2.21 bits per heavy atom. The number of aliphatic carboxylic acids is 1. The molecule has 0 aliphatic carbocycles. The number of amides is 1. The van der Waals surface area contributed by atoms with Gasteiger partial charge in [-0.15, -0.1) is 5.10 Å². The van der Waals surface area contributed by atoms with Gasteiger partial charge in [0.1, 0.15) is 0 Å². The van der Waals surface area contributed by atoms with Gasteiger partial charge >= 0.3 is 5.97 Å². The average molecular weight is 261 g/mol. The first-order chi connectivity index (χ1) is 9.13. The van der Waals surface area contributed by atoms with E-state index in [-0.39, 0.29) is 24.7 Å². The van der Waals surface area contributed by atoms with Crippen molar-refractivity contribution in [2.75, 3.05) is 5.32 Å². The van der Waals surface area contributed by atoms with Gasteiger partial charge in [-0.05, 0) is 12.1 Å². The van der Waals surface area contributed by atoms with E-state index in [1.165, 1.54) is 6.20 Å². The number of rotatable bonds is 5. The maximum atomic E-state index is 11.7. The Hall–Kier alpha value is -2.77. The van der Waals surface area contributed by atoms with Crippen LogP contribution in [0.1, 0.15) is 5.69 Å². The molecular weight excluding hydrogens is 250 g/mol. The van der Waals surface area contributed by atoms with Crippen LogP contribution in [0.3, 0.4) is 0 Å². The Bertz CT molecular complexity index is 581. The smallest absolute Gasteiger partial charge is 0.327 e. The van der Waals surface area contributed by atoms with Crippen molar-refractivity contribution < 1.29 is 14.7 Å². The summed E-state index contributed by atoms with van der Waals surface area (Å²) in [6.45, 7) is -0.351. The molecule has 0 radical (unpaired) electrons. The lowest BCUT2D eigenvalue weighted by Crippen LogP contribution is -2.16. The molecule has 19 heavy (non-hydrogen) atoms. The zero-order valence-corrected chi connectivity index (χ0v) is 9.85. The number of carboxylic acid groups (broad SMARTS) is 1. The number of carbonyl (C=O) groups is 2. The summed E-state index contributed by atoms with van der Waals surface area (Å²) in [5, 5.41) is 18.6. The van der Waals surface area contributed by atoms with E-state index < -0.39 is 5.97 Å². The third-order valence-corrected chi connectivity index (χ3v) is 2.15. The van der Waals surface area contributed by atoms with Gasteiger partial charge in [-0.1, -0.05) is 6.07 Å². The molecule has 0 unspecified atom stereocenters. The molecule has 0 aliphatic rings. The number of carbonyl (C=O) groups excluding carboxylic acids is 1. The fraction of sp³-hybridized carbons (Fsp3) is 0.182. The third-order valence-electron chi connectivity index (χ3n) is 2.15. The molecule has 2 aromatic heterocycles. The van der Waals surface area contributed by atoms with E-state index in [0.29, 0.717) is 5.69 Å². The van der Waals surface area contributed by atoms with Crippen LogP contribution in [0.25, 0.3) is 0 Å². The van der Waals surface area contributed by atoms with Crippen molar-refractivity contribution in [1.82, 2.24) is 20.0 Å². The van der Waals surface area contributed by atoms with E-state index in [0.717, 1.165) is 4.80 Å². The highest BCUT2D eigenvalue weighted by atomic mass is 16.4. The van der Waals surface area contributed by atoms with E-state index in [1.807, 2.05) is 0 Å². The molecule has 0 spiro atoms. The second kappa shape index (κ2) is 5.71. The first-order valence-electron chi connectivity index (χ1n) is 5.45. The quantitative estimate of drug-likeness (QED) is 0.780. The molecule has 0 saturated carbocycles. The lowest BCUT2D eigenvalue weighted by atomic mass is 10.2. The largest absolute Gasteiger partial charge is 0.480 e. The second-order valence-corrected chi connectivity index (χ2v) is 3.70. The standard InChI is InChI=1S/C11H11N5O3/c17-10(5-8-3-1-2-4-12-8)14-9-6-13-16(15-9)7-11(18)19/h1-4,6H,5,7H2,(H,18,19)(H,14,15,17). The Morgan fingerprint density at radius 1 is 1.37 bits per heavy atom. The summed E-state index contributed by atoms with van der Waals surface area (Å²) < 4.78 is 0. The Kier molecular flexibility index (Phi) is 3.81. The number of pyridine rings is 1. The Balaban J connectivity index is 1.92. The van der Waals surface area contributed by atoms with Crippen molar-refractivity contribution in [3.05, 3.63) is 36.3 Å². The Labute approximate surface area is 108 Å². The van der Waals surface area contributed by atoms with Crippen molar-refractivity contribution in [2.45, 2.75) is 13.0 Å². The molecule has 0 aromatic carbocycles. The molecule has 2 rings (SSSR count). The lowest BCUT2D eigenvalue weighted by molar-refractivity contribution is -0.138. The highest BCUT2D eigenvalue weighted by Crippen LogP contribution is 2.01. The molecule has 0 saturated heterocycles. The van der Waals surface area contributed by atoms with Crippen LogP contribution in [0.4, 0.5) is 5.82 Å². The minimum absolute atomic E-state index is 0.118. The van der Waals surface area contributed by atoms with Crippen LogP contribution >= 0.6 is 0 Å². The zero-order valence-electron chi connectivity index (χ0n) is 9.85. The second-order valence-electron chi connectivity index (χ2n) is 3.70. The van der Waals surface area contributed by atoms with Crippen LogP contribution in [-0.4, -0.2) is 37.0 Å². The first-order valence-corrected chi connectivity index (χ1v) is 5.45. The summed E-state index contributed by atoms with van der Waals surface area (Å²) >= 11 is 0. The highest BCUT2D eigenvalue weighted by Gasteiger charge is 2.08. The normalized spacial score (nSPS) is 10.1. The van der Waals surface area contributed by atoms with Gasteiger partial charge in [-0.3, -0.25) is 14.6 Å². The van der Waals surface area contributed by atoms with Crippen LogP contribution < -0.4 is 5.32 Å². The van der Waals surface area contributed by atoms with Gasteiger partial charge in [0.15, 0.2) is 12.4 Å². The molecule has 0 fully saturated rings. The van der Waals surface area contributed by atoms with E-state index in [9.17, 15) is 9.59 Å². The van der Waals surface area contributed by atoms with Gasteiger partial charge in [0, 0.05) is 11.9 Å². The molecule has 98 valence electrons. The molecule has 0 aliphatic heterocycles. The zero-order chi connectivity index (χ0) is 13.7. The molecule has 0 bridgehead atoms. The van der Waals surface area contributed by atoms with Crippen molar-refractivity contribution in [3.63, 3.8) is 0 Å². The lowest BCUT2D eigenvalue weighted by Gasteiger charge is -2.00. The summed E-state index contributed by atoms with van der Waals surface area (Å²) in [5.41, 5.74) is 0.637. The fourth-order valence-electron chi connectivity index (χ4n) is 1.41. The first kappa shape index (κ1) is 12.7. The van der Waals surface area contributed by atoms with E-state index in [4.69, 9.17) is 5.11 Å². The summed E-state index contributed by atoms with van der Waals surface area (Å²) in [6, 6.07) is 5.29. The summed E-state index contributed by atoms with van der Waals surface area (Å²) in [4.78, 5) is 27.1. The van der Waals surface area contributed by atoms with Gasteiger partial charge in [-0.25, -0.2) is 0 Å². The number of anilines is 1. The van der Waals surface area contributed by atoms with Crippen LogP contribution in [-0.2, 0) is 22.6 Å². The van der Waals surface area contributed by atoms with E-state index >= 15 is 0 Å². The number of nitrogens with one attached hydrogen (secondary N) is 1. The minimum atomic E-state index is -1.05. The predicted octanol–water partition coefficient (Wildman–Crippen LogP) is -0.0611. The average Bonchev–Trinajstić information content (AvgIpc) is 2.76. The summed E-state index contributed by atoms with van der Waals surface area (Å²) in [5.74, 6) is -1.13. The van der Waals surface area contributed by atoms with Crippen LogP contribution in [0, 0.1) is 0 Å².